The summed E-state index contributed by atoms with van der Waals surface area (Å²) >= 11 is 0. The van der Waals surface area contributed by atoms with Crippen LogP contribution in [-0.4, -0.2) is 0 Å². The van der Waals surface area contributed by atoms with Crippen molar-refractivity contribution >= 4 is 6.08 Å². The molecule has 0 atom stereocenters. The highest BCUT2D eigenvalue weighted by molar-refractivity contribution is 5.54. The number of hydrogen-bond donors (Lipinski definition) is 0. The van der Waals surface area contributed by atoms with E-state index >= 15 is 0 Å². The van der Waals surface area contributed by atoms with Gasteiger partial charge in [-0.05, 0) is 24.0 Å². The molecule has 2 rings (SSSR count). The van der Waals surface area contributed by atoms with Crippen LogP contribution in [0.4, 0.5) is 0 Å². The largest absolute Gasteiger partial charge is 0.0807 e. The average molecular weight is 212 g/mol. The van der Waals surface area contributed by atoms with E-state index in [9.17, 15) is 0 Å². The second-order valence-corrected chi connectivity index (χ2v) is 3.40. The molecule has 0 saturated heterocycles. The molecule has 1 aliphatic carbocycles. The topological polar surface area (TPSA) is 0 Å². The van der Waals surface area contributed by atoms with Gasteiger partial charge >= 0.3 is 0 Å². The highest BCUT2D eigenvalue weighted by atomic mass is 14.0. The Labute approximate surface area is 99.0 Å². The van der Waals surface area contributed by atoms with Gasteiger partial charge in [0.1, 0.15) is 0 Å². The zero-order chi connectivity index (χ0) is 11.6. The van der Waals surface area contributed by atoms with Crippen LogP contribution in [0, 0.1) is 0 Å². The highest BCUT2D eigenvalue weighted by Crippen LogP contribution is 2.13. The second kappa shape index (κ2) is 7.70. The lowest BCUT2D eigenvalue weighted by atomic mass is 10.0. The van der Waals surface area contributed by atoms with Crippen molar-refractivity contribution in [2.45, 2.75) is 26.7 Å². The van der Waals surface area contributed by atoms with Crippen LogP contribution in [0.1, 0.15) is 31.4 Å². The van der Waals surface area contributed by atoms with Gasteiger partial charge in [0.25, 0.3) is 0 Å². The van der Waals surface area contributed by atoms with Gasteiger partial charge in [0.05, 0.1) is 0 Å². The van der Waals surface area contributed by atoms with Crippen molar-refractivity contribution in [2.75, 3.05) is 0 Å². The number of allylic oxidation sites excluding steroid dienone is 5. The Kier molecular flexibility index (Phi) is 6.02. The minimum absolute atomic E-state index is 1.01. The molecule has 0 radical (unpaired) electrons. The van der Waals surface area contributed by atoms with Gasteiger partial charge in [0, 0.05) is 0 Å². The van der Waals surface area contributed by atoms with Gasteiger partial charge in [0.2, 0.25) is 0 Å². The zero-order valence-corrected chi connectivity index (χ0v) is 10.2. The summed E-state index contributed by atoms with van der Waals surface area (Å²) in [5, 5.41) is 0. The average Bonchev–Trinajstić information content (AvgIpc) is 2.38. The van der Waals surface area contributed by atoms with E-state index in [4.69, 9.17) is 0 Å². The number of fused-ring (bicyclic) bond motifs is 1. The predicted molar refractivity (Wildman–Crippen MR) is 73.4 cm³/mol. The summed E-state index contributed by atoms with van der Waals surface area (Å²) in [6.07, 6.45) is 15.0. The Bertz CT molecular complexity index is 381. The molecule has 0 aliphatic heterocycles. The molecule has 0 bridgehead atoms. The SMILES string of the molecule is C1=Cc2ccccc2C/C=C\C=C/C1.CC. The Morgan fingerprint density at radius 1 is 0.875 bits per heavy atom. The maximum Gasteiger partial charge on any atom is -0.00884 e. The Balaban J connectivity index is 0.000000606. The number of hydrogen-bond acceptors (Lipinski definition) is 0. The van der Waals surface area contributed by atoms with Crippen LogP contribution in [0.3, 0.4) is 0 Å². The maximum absolute atomic E-state index is 2.21. The summed E-state index contributed by atoms with van der Waals surface area (Å²) in [6.45, 7) is 4.00. The Morgan fingerprint density at radius 2 is 1.62 bits per heavy atom. The molecule has 16 heavy (non-hydrogen) atoms. The first kappa shape index (κ1) is 12.5. The van der Waals surface area contributed by atoms with Crippen LogP contribution < -0.4 is 0 Å². The van der Waals surface area contributed by atoms with E-state index in [1.807, 2.05) is 13.8 Å². The first-order valence-electron chi connectivity index (χ1n) is 6.03. The third-order valence-corrected chi connectivity index (χ3v) is 2.35. The molecule has 1 aromatic carbocycles. The van der Waals surface area contributed by atoms with Crippen molar-refractivity contribution in [1.29, 1.82) is 0 Å². The van der Waals surface area contributed by atoms with Gasteiger partial charge in [-0.3, -0.25) is 0 Å². The van der Waals surface area contributed by atoms with Crippen LogP contribution >= 0.6 is 0 Å². The smallest absolute Gasteiger partial charge is 0.00884 e. The van der Waals surface area contributed by atoms with E-state index in [1.165, 1.54) is 11.1 Å². The van der Waals surface area contributed by atoms with E-state index in [0.717, 1.165) is 12.8 Å². The van der Waals surface area contributed by atoms with Gasteiger partial charge in [-0.15, -0.1) is 0 Å². The molecule has 0 amide bonds. The fourth-order valence-electron chi connectivity index (χ4n) is 1.59. The first-order chi connectivity index (χ1) is 7.97. The second-order valence-electron chi connectivity index (χ2n) is 3.40. The van der Waals surface area contributed by atoms with Crippen molar-refractivity contribution in [3.8, 4) is 0 Å². The van der Waals surface area contributed by atoms with E-state index < -0.39 is 0 Å². The van der Waals surface area contributed by atoms with E-state index in [-0.39, 0.29) is 0 Å². The summed E-state index contributed by atoms with van der Waals surface area (Å²) in [7, 11) is 0. The third-order valence-electron chi connectivity index (χ3n) is 2.35. The van der Waals surface area contributed by atoms with Gasteiger partial charge in [-0.1, -0.05) is 74.6 Å². The van der Waals surface area contributed by atoms with Crippen molar-refractivity contribution in [2.24, 2.45) is 0 Å². The Hall–Kier alpha value is -1.56. The molecule has 0 unspecified atom stereocenters. The fraction of sp³-hybridized carbons (Fsp3) is 0.250. The lowest BCUT2D eigenvalue weighted by molar-refractivity contribution is 1.25. The normalized spacial score (nSPS) is 17.6. The molecule has 1 aromatic rings. The minimum atomic E-state index is 1.01. The van der Waals surface area contributed by atoms with Crippen molar-refractivity contribution in [3.63, 3.8) is 0 Å². The summed E-state index contributed by atoms with van der Waals surface area (Å²) in [5.74, 6) is 0. The minimum Gasteiger partial charge on any atom is -0.0807 e. The maximum atomic E-state index is 2.21. The summed E-state index contributed by atoms with van der Waals surface area (Å²) in [4.78, 5) is 0. The van der Waals surface area contributed by atoms with Crippen LogP contribution in [0.25, 0.3) is 6.08 Å². The van der Waals surface area contributed by atoms with Crippen LogP contribution in [0.2, 0.25) is 0 Å². The molecule has 0 N–H and O–H groups in total. The molecule has 0 heterocycles. The standard InChI is InChI=1S/C14H14.C2H6/c1-2-4-6-10-14-12-8-7-11-13(14)9-5-3-1;1-2/h1-3,5-8,10-12H,4,9H2;1-2H3/b2-1-,5-3-,10-6?;. The molecular formula is C16H20. The number of rotatable bonds is 0. The van der Waals surface area contributed by atoms with E-state index in [1.54, 1.807) is 0 Å². The molecule has 0 spiro atoms. The summed E-state index contributed by atoms with van der Waals surface area (Å²) < 4.78 is 0. The summed E-state index contributed by atoms with van der Waals surface area (Å²) in [6, 6.07) is 8.55. The molecule has 0 fully saturated rings. The number of benzene rings is 1. The predicted octanol–water partition coefficient (Wildman–Crippen LogP) is 4.78. The van der Waals surface area contributed by atoms with Gasteiger partial charge < -0.3 is 0 Å². The molecule has 0 aromatic heterocycles. The van der Waals surface area contributed by atoms with Crippen molar-refractivity contribution in [1.82, 2.24) is 0 Å². The first-order valence-corrected chi connectivity index (χ1v) is 6.03. The monoisotopic (exact) mass is 212 g/mol. The molecule has 0 nitrogen and oxygen atoms in total. The summed E-state index contributed by atoms with van der Waals surface area (Å²) in [5.41, 5.74) is 2.74. The van der Waals surface area contributed by atoms with E-state index in [0.29, 0.717) is 0 Å². The molecule has 84 valence electrons. The van der Waals surface area contributed by atoms with Crippen LogP contribution in [0.15, 0.2) is 54.6 Å². The van der Waals surface area contributed by atoms with Gasteiger partial charge in [0.15, 0.2) is 0 Å². The quantitative estimate of drug-likeness (QED) is 0.580. The van der Waals surface area contributed by atoms with Gasteiger partial charge in [-0.2, -0.15) is 0 Å². The molecule has 1 aliphatic rings. The molecular weight excluding hydrogens is 192 g/mol. The van der Waals surface area contributed by atoms with Crippen LogP contribution in [0.5, 0.6) is 0 Å². The molecule has 0 heteroatoms. The van der Waals surface area contributed by atoms with Crippen molar-refractivity contribution < 1.29 is 0 Å². The Morgan fingerprint density at radius 3 is 2.50 bits per heavy atom. The van der Waals surface area contributed by atoms with Crippen LogP contribution in [-0.2, 0) is 6.42 Å². The fourth-order valence-corrected chi connectivity index (χ4v) is 1.59. The lowest BCUT2D eigenvalue weighted by Crippen LogP contribution is -1.86. The highest BCUT2D eigenvalue weighted by Gasteiger charge is 1.95. The van der Waals surface area contributed by atoms with Crippen molar-refractivity contribution in [3.05, 3.63) is 65.8 Å². The molecule has 0 saturated carbocycles. The zero-order valence-electron chi connectivity index (χ0n) is 10.2. The van der Waals surface area contributed by atoms with Gasteiger partial charge in [-0.25, -0.2) is 0 Å². The van der Waals surface area contributed by atoms with E-state index in [2.05, 4.69) is 60.7 Å². The lowest BCUT2D eigenvalue weighted by Gasteiger charge is -2.02. The third kappa shape index (κ3) is 3.90.